The van der Waals surface area contributed by atoms with Gasteiger partial charge < -0.3 is 9.47 Å². The van der Waals surface area contributed by atoms with Crippen LogP contribution in [0.4, 0.5) is 5.69 Å². The van der Waals surface area contributed by atoms with Crippen molar-refractivity contribution in [2.24, 2.45) is 0 Å². The highest BCUT2D eigenvalue weighted by Crippen LogP contribution is 2.24. The number of ether oxygens (including phenoxy) is 2. The van der Waals surface area contributed by atoms with Crippen molar-refractivity contribution in [1.29, 1.82) is 0 Å². The molecule has 2 aromatic carbocycles. The van der Waals surface area contributed by atoms with Crippen molar-refractivity contribution in [3.8, 4) is 11.5 Å². The number of nitrogens with zero attached hydrogens (tertiary/aromatic N) is 1. The summed E-state index contributed by atoms with van der Waals surface area (Å²) in [7, 11) is 0. The lowest BCUT2D eigenvalue weighted by atomic mass is 10.1. The Hall–Kier alpha value is -2.89. The maximum atomic E-state index is 11.5. The van der Waals surface area contributed by atoms with E-state index in [1.54, 1.807) is 30.3 Å². The highest BCUT2D eigenvalue weighted by Gasteiger charge is 2.10. The molecule has 0 aromatic heterocycles. The Kier molecular flexibility index (Phi) is 5.30. The molecule has 0 saturated heterocycles. The topological polar surface area (TPSA) is 78.7 Å². The normalized spacial score (nSPS) is 10.2. The summed E-state index contributed by atoms with van der Waals surface area (Å²) in [5.74, 6) is 0.961. The molecule has 0 spiro atoms. The van der Waals surface area contributed by atoms with E-state index in [1.165, 1.54) is 19.1 Å². The van der Waals surface area contributed by atoms with Crippen LogP contribution in [-0.2, 0) is 6.61 Å². The van der Waals surface area contributed by atoms with Gasteiger partial charge in [-0.2, -0.15) is 0 Å². The Labute approximate surface area is 133 Å². The number of non-ortho nitro benzene ring substituents is 1. The van der Waals surface area contributed by atoms with Gasteiger partial charge in [0.1, 0.15) is 18.1 Å². The fourth-order valence-corrected chi connectivity index (χ4v) is 2.06. The Balaban J connectivity index is 2.21. The first-order valence-electron chi connectivity index (χ1n) is 7.15. The fourth-order valence-electron chi connectivity index (χ4n) is 2.06. The van der Waals surface area contributed by atoms with E-state index >= 15 is 0 Å². The molecule has 0 fully saturated rings. The molecule has 0 bridgehead atoms. The van der Waals surface area contributed by atoms with Crippen molar-refractivity contribution in [3.63, 3.8) is 0 Å². The van der Waals surface area contributed by atoms with E-state index in [2.05, 4.69) is 0 Å². The van der Waals surface area contributed by atoms with Crippen LogP contribution in [0, 0.1) is 10.1 Å². The monoisotopic (exact) mass is 315 g/mol. The third-order valence-corrected chi connectivity index (χ3v) is 3.19. The van der Waals surface area contributed by atoms with Crippen molar-refractivity contribution in [2.45, 2.75) is 20.5 Å². The summed E-state index contributed by atoms with van der Waals surface area (Å²) in [4.78, 5) is 21.8. The van der Waals surface area contributed by atoms with Gasteiger partial charge in [0, 0.05) is 17.2 Å². The van der Waals surface area contributed by atoms with Crippen LogP contribution in [0.15, 0.2) is 42.5 Å². The minimum Gasteiger partial charge on any atom is -0.493 e. The molecular formula is C17H17NO5. The molecule has 2 rings (SSSR count). The van der Waals surface area contributed by atoms with E-state index in [0.717, 1.165) is 0 Å². The fraction of sp³-hybridized carbons (Fsp3) is 0.235. The van der Waals surface area contributed by atoms with Gasteiger partial charge in [-0.15, -0.1) is 0 Å². The summed E-state index contributed by atoms with van der Waals surface area (Å²) < 4.78 is 11.1. The minimum atomic E-state index is -0.477. The van der Waals surface area contributed by atoms with Gasteiger partial charge in [-0.05, 0) is 38.1 Å². The molecule has 23 heavy (non-hydrogen) atoms. The second-order valence-corrected chi connectivity index (χ2v) is 4.85. The van der Waals surface area contributed by atoms with Gasteiger partial charge in [0.05, 0.1) is 17.6 Å². The van der Waals surface area contributed by atoms with E-state index < -0.39 is 4.92 Å². The van der Waals surface area contributed by atoms with Crippen LogP contribution in [0.2, 0.25) is 0 Å². The smallest absolute Gasteiger partial charge is 0.273 e. The summed E-state index contributed by atoms with van der Waals surface area (Å²) in [6.07, 6.45) is 0. The lowest BCUT2D eigenvalue weighted by Crippen LogP contribution is -2.03. The molecule has 0 aliphatic rings. The maximum absolute atomic E-state index is 11.5. The molecule has 0 radical (unpaired) electrons. The lowest BCUT2D eigenvalue weighted by Gasteiger charge is -2.12. The summed E-state index contributed by atoms with van der Waals surface area (Å²) in [5, 5.41) is 10.8. The predicted molar refractivity (Wildman–Crippen MR) is 85.0 cm³/mol. The van der Waals surface area contributed by atoms with Gasteiger partial charge in [0.25, 0.3) is 5.69 Å². The number of ketones is 1. The molecule has 6 nitrogen and oxygen atoms in total. The molecule has 0 saturated carbocycles. The van der Waals surface area contributed by atoms with E-state index in [4.69, 9.17) is 9.47 Å². The second-order valence-electron chi connectivity index (χ2n) is 4.85. The molecule has 0 unspecified atom stereocenters. The summed E-state index contributed by atoms with van der Waals surface area (Å²) in [5.41, 5.74) is 1.24. The molecule has 0 aliphatic carbocycles. The number of nitro groups is 1. The highest BCUT2D eigenvalue weighted by atomic mass is 16.6. The van der Waals surface area contributed by atoms with Crippen molar-refractivity contribution in [1.82, 2.24) is 0 Å². The molecule has 0 N–H and O–H groups in total. The number of Topliss-reactive ketones (excluding diaryl/α,β-unsaturated/α-hetero) is 1. The first-order valence-corrected chi connectivity index (χ1v) is 7.15. The van der Waals surface area contributed by atoms with Crippen molar-refractivity contribution in [3.05, 3.63) is 63.7 Å². The quantitative estimate of drug-likeness (QED) is 0.441. The standard InChI is InChI=1S/C17H17NO5/c1-3-22-17-8-7-13(12(2)19)9-14(17)11-23-16-6-4-5-15(10-16)18(20)21/h4-10H,3,11H2,1-2H3. The zero-order valence-electron chi connectivity index (χ0n) is 12.9. The van der Waals surface area contributed by atoms with Gasteiger partial charge in [0.2, 0.25) is 0 Å². The number of benzene rings is 2. The van der Waals surface area contributed by atoms with Crippen LogP contribution in [-0.4, -0.2) is 17.3 Å². The van der Waals surface area contributed by atoms with Crippen molar-refractivity contribution >= 4 is 11.5 Å². The van der Waals surface area contributed by atoms with Crippen LogP contribution >= 0.6 is 0 Å². The largest absolute Gasteiger partial charge is 0.493 e. The molecule has 6 heteroatoms. The van der Waals surface area contributed by atoms with Crippen LogP contribution in [0.3, 0.4) is 0 Å². The predicted octanol–water partition coefficient (Wildman–Crippen LogP) is 3.78. The number of hydrogen-bond acceptors (Lipinski definition) is 5. The molecule has 0 heterocycles. The van der Waals surface area contributed by atoms with Crippen LogP contribution in [0.25, 0.3) is 0 Å². The third kappa shape index (κ3) is 4.29. The SMILES string of the molecule is CCOc1ccc(C(C)=O)cc1COc1cccc([N+](=O)[O-])c1. The van der Waals surface area contributed by atoms with E-state index in [0.29, 0.717) is 29.2 Å². The molecule has 0 atom stereocenters. The first-order chi connectivity index (χ1) is 11.0. The molecule has 2 aromatic rings. The zero-order chi connectivity index (χ0) is 16.8. The zero-order valence-corrected chi connectivity index (χ0v) is 12.9. The average Bonchev–Trinajstić information content (AvgIpc) is 2.54. The average molecular weight is 315 g/mol. The molecular weight excluding hydrogens is 298 g/mol. The van der Waals surface area contributed by atoms with Crippen molar-refractivity contribution < 1.29 is 19.2 Å². The van der Waals surface area contributed by atoms with Crippen LogP contribution in [0.1, 0.15) is 29.8 Å². The Morgan fingerprint density at radius 3 is 2.61 bits per heavy atom. The third-order valence-electron chi connectivity index (χ3n) is 3.19. The number of carbonyl (C=O) groups is 1. The number of rotatable bonds is 7. The number of nitro benzene ring substituents is 1. The van der Waals surface area contributed by atoms with Crippen LogP contribution in [0.5, 0.6) is 11.5 Å². The van der Waals surface area contributed by atoms with E-state index in [1.807, 2.05) is 6.92 Å². The Bertz CT molecular complexity index is 727. The Morgan fingerprint density at radius 1 is 1.17 bits per heavy atom. The van der Waals surface area contributed by atoms with Gasteiger partial charge in [-0.1, -0.05) is 6.07 Å². The summed E-state index contributed by atoms with van der Waals surface area (Å²) in [6, 6.07) is 11.1. The lowest BCUT2D eigenvalue weighted by molar-refractivity contribution is -0.384. The second kappa shape index (κ2) is 7.40. The highest BCUT2D eigenvalue weighted by molar-refractivity contribution is 5.94. The van der Waals surface area contributed by atoms with Gasteiger partial charge in [-0.25, -0.2) is 0 Å². The number of carbonyl (C=O) groups excluding carboxylic acids is 1. The van der Waals surface area contributed by atoms with Gasteiger partial charge in [0.15, 0.2) is 5.78 Å². The minimum absolute atomic E-state index is 0.0370. The number of hydrogen-bond donors (Lipinski definition) is 0. The molecule has 120 valence electrons. The molecule has 0 amide bonds. The first kappa shape index (κ1) is 16.5. The van der Waals surface area contributed by atoms with Gasteiger partial charge >= 0.3 is 0 Å². The maximum Gasteiger partial charge on any atom is 0.273 e. The molecule has 0 aliphatic heterocycles. The van der Waals surface area contributed by atoms with E-state index in [9.17, 15) is 14.9 Å². The van der Waals surface area contributed by atoms with E-state index in [-0.39, 0.29) is 18.1 Å². The Morgan fingerprint density at radius 2 is 1.96 bits per heavy atom. The van der Waals surface area contributed by atoms with Crippen molar-refractivity contribution in [2.75, 3.05) is 6.61 Å². The van der Waals surface area contributed by atoms with Gasteiger partial charge in [-0.3, -0.25) is 14.9 Å². The summed E-state index contributed by atoms with van der Waals surface area (Å²) in [6.45, 7) is 3.99. The summed E-state index contributed by atoms with van der Waals surface area (Å²) >= 11 is 0. The van der Waals surface area contributed by atoms with Crippen LogP contribution < -0.4 is 9.47 Å².